The molecule has 0 saturated carbocycles. The van der Waals surface area contributed by atoms with Crippen LogP contribution in [0, 0.1) is 0 Å². The van der Waals surface area contributed by atoms with Gasteiger partial charge in [-0.3, -0.25) is 0 Å². The fourth-order valence-electron chi connectivity index (χ4n) is 2.44. The molecule has 0 saturated heterocycles. The number of para-hydroxylation sites is 1. The normalized spacial score (nSPS) is 11.7. The molecule has 0 amide bonds. The minimum Gasteiger partial charge on any atom is -0.487 e. The lowest BCUT2D eigenvalue weighted by molar-refractivity contribution is 0.309. The molecule has 6 heteroatoms. The zero-order valence-corrected chi connectivity index (χ0v) is 13.4. The van der Waals surface area contributed by atoms with Crippen molar-refractivity contribution < 1.29 is 13.2 Å². The Balaban J connectivity index is 2.02. The zero-order chi connectivity index (χ0) is 15.7. The van der Waals surface area contributed by atoms with Gasteiger partial charge in [0.15, 0.2) is 0 Å². The first-order valence-corrected chi connectivity index (χ1v) is 8.97. The van der Waals surface area contributed by atoms with Crippen LogP contribution in [-0.4, -0.2) is 13.0 Å². The number of rotatable bonds is 4. The van der Waals surface area contributed by atoms with Gasteiger partial charge >= 0.3 is 0 Å². The molecule has 0 fully saturated rings. The average Bonchev–Trinajstić information content (AvgIpc) is 2.84. The number of fused-ring (bicyclic) bond motifs is 1. The van der Waals surface area contributed by atoms with E-state index in [4.69, 9.17) is 15.4 Å². The highest BCUT2D eigenvalue weighted by atomic mass is 35.7. The minimum absolute atomic E-state index is 0.0943. The monoisotopic (exact) mass is 335 g/mol. The highest BCUT2D eigenvalue weighted by molar-refractivity contribution is 8.14. The molecule has 0 N–H and O–H groups in total. The maximum atomic E-state index is 11.7. The van der Waals surface area contributed by atoms with Crippen molar-refractivity contribution in [2.75, 3.05) is 0 Å². The van der Waals surface area contributed by atoms with E-state index in [1.165, 1.54) is 6.20 Å². The molecule has 0 unspecified atom stereocenters. The van der Waals surface area contributed by atoms with E-state index in [2.05, 4.69) is 0 Å². The quantitative estimate of drug-likeness (QED) is 0.683. The Labute approximate surface area is 133 Å². The number of aromatic nitrogens is 1. The summed E-state index contributed by atoms with van der Waals surface area (Å²) in [5.74, 6) is 0.621. The number of benzene rings is 2. The largest absolute Gasteiger partial charge is 0.487 e. The van der Waals surface area contributed by atoms with Crippen LogP contribution in [0.3, 0.4) is 0 Å². The van der Waals surface area contributed by atoms with Crippen molar-refractivity contribution in [2.24, 2.45) is 7.05 Å². The van der Waals surface area contributed by atoms with Crippen LogP contribution < -0.4 is 4.74 Å². The predicted octanol–water partition coefficient (Wildman–Crippen LogP) is 3.68. The van der Waals surface area contributed by atoms with Crippen molar-refractivity contribution in [1.82, 2.24) is 4.57 Å². The second kappa shape index (κ2) is 5.66. The molecule has 3 aromatic rings. The fraction of sp³-hybridized carbons (Fsp3) is 0.125. The molecule has 0 bridgehead atoms. The lowest BCUT2D eigenvalue weighted by atomic mass is 10.2. The molecule has 0 aliphatic carbocycles. The van der Waals surface area contributed by atoms with E-state index in [0.29, 0.717) is 23.3 Å². The van der Waals surface area contributed by atoms with Crippen molar-refractivity contribution in [3.63, 3.8) is 0 Å². The summed E-state index contributed by atoms with van der Waals surface area (Å²) in [4.78, 5) is 0.0943. The molecular weight excluding hydrogens is 322 g/mol. The zero-order valence-electron chi connectivity index (χ0n) is 11.9. The summed E-state index contributed by atoms with van der Waals surface area (Å²) in [6.45, 7) is 0.411. The van der Waals surface area contributed by atoms with Gasteiger partial charge in [0.1, 0.15) is 17.3 Å². The van der Waals surface area contributed by atoms with Gasteiger partial charge in [0.05, 0.1) is 5.52 Å². The van der Waals surface area contributed by atoms with E-state index in [1.807, 2.05) is 36.4 Å². The van der Waals surface area contributed by atoms with Gasteiger partial charge in [-0.1, -0.05) is 42.5 Å². The molecule has 114 valence electrons. The molecular formula is C16H14ClNO3S. The Kier molecular flexibility index (Phi) is 3.85. The van der Waals surface area contributed by atoms with Gasteiger partial charge in [-0.15, -0.1) is 0 Å². The number of hydrogen-bond acceptors (Lipinski definition) is 3. The lowest BCUT2D eigenvalue weighted by Gasteiger charge is -2.09. The Hall–Kier alpha value is -1.98. The third-order valence-electron chi connectivity index (χ3n) is 3.43. The highest BCUT2D eigenvalue weighted by Crippen LogP contribution is 2.33. The first-order chi connectivity index (χ1) is 10.5. The third kappa shape index (κ3) is 2.82. The number of aryl methyl sites for hydroxylation is 1. The predicted molar refractivity (Wildman–Crippen MR) is 86.7 cm³/mol. The summed E-state index contributed by atoms with van der Waals surface area (Å²) in [6, 6.07) is 15.1. The standard InChI is InChI=1S/C16H14ClNO3S/c1-18-10-15(22(17,19)20)13-8-5-9-14(16(13)18)21-11-12-6-3-2-4-7-12/h2-10H,11H2,1H3. The van der Waals surface area contributed by atoms with E-state index in [9.17, 15) is 8.42 Å². The van der Waals surface area contributed by atoms with Crippen molar-refractivity contribution >= 4 is 30.6 Å². The van der Waals surface area contributed by atoms with E-state index >= 15 is 0 Å². The highest BCUT2D eigenvalue weighted by Gasteiger charge is 2.19. The average molecular weight is 336 g/mol. The molecule has 3 rings (SSSR count). The number of hydrogen-bond donors (Lipinski definition) is 0. The molecule has 1 aromatic heterocycles. The summed E-state index contributed by atoms with van der Waals surface area (Å²) in [7, 11) is 3.46. The van der Waals surface area contributed by atoms with Crippen LogP contribution in [0.2, 0.25) is 0 Å². The smallest absolute Gasteiger partial charge is 0.263 e. The number of halogens is 1. The molecule has 1 heterocycles. The number of ether oxygens (including phenoxy) is 1. The van der Waals surface area contributed by atoms with Crippen LogP contribution >= 0.6 is 10.7 Å². The van der Waals surface area contributed by atoms with E-state index < -0.39 is 9.05 Å². The maximum absolute atomic E-state index is 11.7. The Morgan fingerprint density at radius 2 is 1.82 bits per heavy atom. The Bertz CT molecular complexity index is 917. The summed E-state index contributed by atoms with van der Waals surface area (Å²) < 4.78 is 30.9. The van der Waals surface area contributed by atoms with Crippen LogP contribution in [0.25, 0.3) is 10.9 Å². The first kappa shape index (κ1) is 14.9. The summed E-state index contributed by atoms with van der Waals surface area (Å²) in [6.07, 6.45) is 1.50. The SMILES string of the molecule is Cn1cc(S(=O)(=O)Cl)c2cccc(OCc3ccccc3)c21. The molecule has 2 aromatic carbocycles. The van der Waals surface area contributed by atoms with Gasteiger partial charge in [0, 0.05) is 29.3 Å². The van der Waals surface area contributed by atoms with Crippen LogP contribution in [-0.2, 0) is 22.7 Å². The molecule has 0 aliphatic rings. The second-order valence-electron chi connectivity index (χ2n) is 4.97. The van der Waals surface area contributed by atoms with Gasteiger partial charge in [0.25, 0.3) is 9.05 Å². The second-order valence-corrected chi connectivity index (χ2v) is 7.50. The van der Waals surface area contributed by atoms with Gasteiger partial charge in [-0.2, -0.15) is 0 Å². The first-order valence-electron chi connectivity index (χ1n) is 6.66. The van der Waals surface area contributed by atoms with Crippen LogP contribution in [0.15, 0.2) is 59.6 Å². The summed E-state index contributed by atoms with van der Waals surface area (Å²) in [5.41, 5.74) is 1.75. The molecule has 22 heavy (non-hydrogen) atoms. The van der Waals surface area contributed by atoms with Gasteiger partial charge in [0.2, 0.25) is 0 Å². The van der Waals surface area contributed by atoms with Crippen LogP contribution in [0.5, 0.6) is 5.75 Å². The molecule has 0 spiro atoms. The minimum atomic E-state index is -3.80. The van der Waals surface area contributed by atoms with Crippen molar-refractivity contribution in [3.8, 4) is 5.75 Å². The van der Waals surface area contributed by atoms with Crippen molar-refractivity contribution in [3.05, 3.63) is 60.3 Å². The molecule has 0 radical (unpaired) electrons. The van der Waals surface area contributed by atoms with Crippen molar-refractivity contribution in [1.29, 1.82) is 0 Å². The van der Waals surface area contributed by atoms with E-state index in [0.717, 1.165) is 5.56 Å². The summed E-state index contributed by atoms with van der Waals surface area (Å²) in [5, 5.41) is 0.558. The van der Waals surface area contributed by atoms with Crippen molar-refractivity contribution in [2.45, 2.75) is 11.5 Å². The van der Waals surface area contributed by atoms with E-state index in [-0.39, 0.29) is 4.90 Å². The maximum Gasteiger partial charge on any atom is 0.263 e. The molecule has 4 nitrogen and oxygen atoms in total. The van der Waals surface area contributed by atoms with Crippen LogP contribution in [0.1, 0.15) is 5.56 Å². The molecule has 0 aliphatic heterocycles. The Morgan fingerprint density at radius 1 is 1.09 bits per heavy atom. The lowest BCUT2D eigenvalue weighted by Crippen LogP contribution is -1.97. The molecule has 0 atom stereocenters. The Morgan fingerprint density at radius 3 is 2.50 bits per heavy atom. The van der Waals surface area contributed by atoms with E-state index in [1.54, 1.807) is 23.7 Å². The van der Waals surface area contributed by atoms with Gasteiger partial charge in [-0.25, -0.2) is 8.42 Å². The fourth-order valence-corrected chi connectivity index (χ4v) is 3.52. The topological polar surface area (TPSA) is 48.3 Å². The summed E-state index contributed by atoms with van der Waals surface area (Å²) >= 11 is 0. The van der Waals surface area contributed by atoms with Crippen LogP contribution in [0.4, 0.5) is 0 Å². The third-order valence-corrected chi connectivity index (χ3v) is 4.78. The van der Waals surface area contributed by atoms with Gasteiger partial charge in [-0.05, 0) is 11.6 Å². The van der Waals surface area contributed by atoms with Gasteiger partial charge < -0.3 is 9.30 Å². The number of nitrogens with zero attached hydrogens (tertiary/aromatic N) is 1.